The second kappa shape index (κ2) is 11.6. The van der Waals surface area contributed by atoms with Crippen molar-refractivity contribution in [2.75, 3.05) is 24.4 Å². The van der Waals surface area contributed by atoms with Crippen LogP contribution in [-0.2, 0) is 11.2 Å². The smallest absolute Gasteiger partial charge is 0.262 e. The molecule has 0 atom stereocenters. The van der Waals surface area contributed by atoms with Crippen LogP contribution >= 0.6 is 0 Å². The third-order valence-electron chi connectivity index (χ3n) is 4.89. The van der Waals surface area contributed by atoms with Crippen LogP contribution in [0.2, 0.25) is 0 Å². The van der Waals surface area contributed by atoms with Gasteiger partial charge in [0.15, 0.2) is 6.61 Å². The van der Waals surface area contributed by atoms with Crippen LogP contribution in [0, 0.1) is 0 Å². The number of anilines is 2. The van der Waals surface area contributed by atoms with E-state index in [-0.39, 0.29) is 18.4 Å². The quantitative estimate of drug-likeness (QED) is 0.455. The first kappa shape index (κ1) is 22.9. The van der Waals surface area contributed by atoms with Crippen LogP contribution in [0.15, 0.2) is 72.8 Å². The van der Waals surface area contributed by atoms with Crippen molar-refractivity contribution in [2.24, 2.45) is 0 Å². The van der Waals surface area contributed by atoms with Crippen molar-refractivity contribution >= 4 is 23.2 Å². The number of amides is 2. The van der Waals surface area contributed by atoms with E-state index in [9.17, 15) is 9.59 Å². The monoisotopic (exact) mass is 432 g/mol. The maximum Gasteiger partial charge on any atom is 0.262 e. The molecule has 166 valence electrons. The van der Waals surface area contributed by atoms with Gasteiger partial charge in [0.05, 0.1) is 7.11 Å². The SMILES string of the molecule is CCCCc1ccc(NC(=O)c2ccc(OCC(=O)Nc3ccc(OC)cc3)cc2)cc1. The van der Waals surface area contributed by atoms with Gasteiger partial charge in [0.25, 0.3) is 11.8 Å². The summed E-state index contributed by atoms with van der Waals surface area (Å²) in [5, 5.41) is 5.65. The average Bonchev–Trinajstić information content (AvgIpc) is 2.83. The number of carbonyl (C=O) groups is 2. The van der Waals surface area contributed by atoms with E-state index in [1.54, 1.807) is 55.6 Å². The first-order chi connectivity index (χ1) is 15.6. The highest BCUT2D eigenvalue weighted by atomic mass is 16.5. The largest absolute Gasteiger partial charge is 0.497 e. The van der Waals surface area contributed by atoms with Crippen molar-refractivity contribution in [1.82, 2.24) is 0 Å². The number of benzene rings is 3. The molecule has 0 saturated heterocycles. The summed E-state index contributed by atoms with van der Waals surface area (Å²) in [5.41, 5.74) is 3.19. The molecule has 32 heavy (non-hydrogen) atoms. The molecule has 0 saturated carbocycles. The molecule has 6 nitrogen and oxygen atoms in total. The Morgan fingerprint density at radius 3 is 2.00 bits per heavy atom. The van der Waals surface area contributed by atoms with Crippen molar-refractivity contribution in [3.05, 3.63) is 83.9 Å². The summed E-state index contributed by atoms with van der Waals surface area (Å²) in [6.45, 7) is 2.03. The van der Waals surface area contributed by atoms with Gasteiger partial charge in [0.2, 0.25) is 0 Å². The Labute approximate surface area is 188 Å². The lowest BCUT2D eigenvalue weighted by Gasteiger charge is -2.09. The van der Waals surface area contributed by atoms with Gasteiger partial charge in [-0.15, -0.1) is 0 Å². The topological polar surface area (TPSA) is 76.7 Å². The number of nitrogens with one attached hydrogen (secondary N) is 2. The summed E-state index contributed by atoms with van der Waals surface area (Å²) in [5.74, 6) is 0.744. The van der Waals surface area contributed by atoms with Gasteiger partial charge < -0.3 is 20.1 Å². The van der Waals surface area contributed by atoms with Gasteiger partial charge >= 0.3 is 0 Å². The minimum absolute atomic E-state index is 0.137. The molecule has 0 bridgehead atoms. The molecule has 0 heterocycles. The number of hydrogen-bond acceptors (Lipinski definition) is 4. The van der Waals surface area contributed by atoms with Crippen LogP contribution in [0.3, 0.4) is 0 Å². The summed E-state index contributed by atoms with van der Waals surface area (Å²) < 4.78 is 10.6. The summed E-state index contributed by atoms with van der Waals surface area (Å²) in [7, 11) is 1.59. The van der Waals surface area contributed by atoms with E-state index >= 15 is 0 Å². The van der Waals surface area contributed by atoms with E-state index in [0.29, 0.717) is 22.7 Å². The van der Waals surface area contributed by atoms with Gasteiger partial charge in [0, 0.05) is 16.9 Å². The van der Waals surface area contributed by atoms with Gasteiger partial charge in [-0.25, -0.2) is 0 Å². The van der Waals surface area contributed by atoms with Crippen molar-refractivity contribution in [2.45, 2.75) is 26.2 Å². The lowest BCUT2D eigenvalue weighted by atomic mass is 10.1. The molecule has 0 aliphatic heterocycles. The lowest BCUT2D eigenvalue weighted by molar-refractivity contribution is -0.118. The number of aryl methyl sites for hydroxylation is 1. The van der Waals surface area contributed by atoms with E-state index in [0.717, 1.165) is 24.9 Å². The Bertz CT molecular complexity index is 1010. The zero-order chi connectivity index (χ0) is 22.8. The maximum atomic E-state index is 12.5. The Hall–Kier alpha value is -3.80. The third kappa shape index (κ3) is 6.87. The Morgan fingerprint density at radius 1 is 0.781 bits per heavy atom. The molecule has 0 aliphatic carbocycles. The van der Waals surface area contributed by atoms with Crippen molar-refractivity contribution < 1.29 is 19.1 Å². The van der Waals surface area contributed by atoms with E-state index in [1.807, 2.05) is 24.3 Å². The summed E-state index contributed by atoms with van der Waals surface area (Å²) >= 11 is 0. The van der Waals surface area contributed by atoms with Crippen LogP contribution in [0.5, 0.6) is 11.5 Å². The molecule has 2 N–H and O–H groups in total. The molecule has 0 fully saturated rings. The summed E-state index contributed by atoms with van der Waals surface area (Å²) in [6.07, 6.45) is 3.36. The molecule has 3 aromatic carbocycles. The standard InChI is InChI=1S/C26H28N2O4/c1-3-4-5-19-6-10-22(11-7-19)28-26(30)20-8-14-24(15-9-20)32-18-25(29)27-21-12-16-23(31-2)17-13-21/h6-17H,3-5,18H2,1-2H3,(H,27,29)(H,28,30). The molecule has 2 amide bonds. The first-order valence-corrected chi connectivity index (χ1v) is 10.6. The Kier molecular flexibility index (Phi) is 8.26. The zero-order valence-corrected chi connectivity index (χ0v) is 18.4. The molecule has 0 aliphatic rings. The van der Waals surface area contributed by atoms with Gasteiger partial charge in [-0.2, -0.15) is 0 Å². The van der Waals surface area contributed by atoms with E-state index in [2.05, 4.69) is 17.6 Å². The number of hydrogen-bond donors (Lipinski definition) is 2. The maximum absolute atomic E-state index is 12.5. The van der Waals surface area contributed by atoms with Crippen LogP contribution < -0.4 is 20.1 Å². The highest BCUT2D eigenvalue weighted by Crippen LogP contribution is 2.17. The minimum Gasteiger partial charge on any atom is -0.497 e. The first-order valence-electron chi connectivity index (χ1n) is 10.6. The number of methoxy groups -OCH3 is 1. The second-order valence-electron chi connectivity index (χ2n) is 7.34. The molecule has 0 radical (unpaired) electrons. The molecule has 0 unspecified atom stereocenters. The molecule has 6 heteroatoms. The molecule has 3 aromatic rings. The third-order valence-corrected chi connectivity index (χ3v) is 4.89. The van der Waals surface area contributed by atoms with Gasteiger partial charge in [-0.3, -0.25) is 9.59 Å². The molecule has 0 spiro atoms. The predicted molar refractivity (Wildman–Crippen MR) is 127 cm³/mol. The van der Waals surface area contributed by atoms with Crippen LogP contribution in [-0.4, -0.2) is 25.5 Å². The van der Waals surface area contributed by atoms with Crippen LogP contribution in [0.1, 0.15) is 35.7 Å². The average molecular weight is 433 g/mol. The van der Waals surface area contributed by atoms with E-state index < -0.39 is 0 Å². The fourth-order valence-electron chi connectivity index (χ4n) is 3.06. The van der Waals surface area contributed by atoms with Gasteiger partial charge in [-0.05, 0) is 79.1 Å². The zero-order valence-electron chi connectivity index (χ0n) is 18.4. The van der Waals surface area contributed by atoms with Crippen molar-refractivity contribution in [3.63, 3.8) is 0 Å². The number of ether oxygens (including phenoxy) is 2. The van der Waals surface area contributed by atoms with E-state index in [1.165, 1.54) is 5.56 Å². The molecular formula is C26H28N2O4. The minimum atomic E-state index is -0.278. The fraction of sp³-hybridized carbons (Fsp3) is 0.231. The van der Waals surface area contributed by atoms with E-state index in [4.69, 9.17) is 9.47 Å². The van der Waals surface area contributed by atoms with Crippen molar-refractivity contribution in [3.8, 4) is 11.5 Å². The number of unbranched alkanes of at least 4 members (excludes halogenated alkanes) is 1. The van der Waals surface area contributed by atoms with Crippen LogP contribution in [0.25, 0.3) is 0 Å². The fourth-order valence-corrected chi connectivity index (χ4v) is 3.06. The van der Waals surface area contributed by atoms with Crippen LogP contribution in [0.4, 0.5) is 11.4 Å². The normalized spacial score (nSPS) is 10.3. The van der Waals surface area contributed by atoms with Crippen molar-refractivity contribution in [1.29, 1.82) is 0 Å². The molecule has 3 rings (SSSR count). The van der Waals surface area contributed by atoms with Gasteiger partial charge in [-0.1, -0.05) is 25.5 Å². The summed E-state index contributed by atoms with van der Waals surface area (Å²) in [6, 6.07) is 21.6. The highest BCUT2D eigenvalue weighted by molar-refractivity contribution is 6.04. The highest BCUT2D eigenvalue weighted by Gasteiger charge is 2.08. The Balaban J connectivity index is 1.47. The van der Waals surface area contributed by atoms with Gasteiger partial charge in [0.1, 0.15) is 11.5 Å². The molecular weight excluding hydrogens is 404 g/mol. The number of rotatable bonds is 10. The lowest BCUT2D eigenvalue weighted by Crippen LogP contribution is -2.20. The number of carbonyl (C=O) groups excluding carboxylic acids is 2. The Morgan fingerprint density at radius 2 is 1.38 bits per heavy atom. The molecule has 0 aromatic heterocycles. The second-order valence-corrected chi connectivity index (χ2v) is 7.34. The summed E-state index contributed by atoms with van der Waals surface area (Å²) in [4.78, 5) is 24.5. The predicted octanol–water partition coefficient (Wildman–Crippen LogP) is 5.31.